The summed E-state index contributed by atoms with van der Waals surface area (Å²) in [6.07, 6.45) is 1.77. The Hall–Kier alpha value is -0.770. The molecule has 0 aromatic heterocycles. The molecule has 0 spiro atoms. The van der Waals surface area contributed by atoms with Crippen LogP contribution in [0.5, 0.6) is 0 Å². The number of likely N-dealkylation sites (tertiary alicyclic amines) is 1. The molecule has 1 saturated heterocycles. The zero-order chi connectivity index (χ0) is 11.9. The Morgan fingerprint density at radius 3 is 2.56 bits per heavy atom. The molecule has 2 aliphatic rings. The number of ether oxygens (including phenoxy) is 1. The Morgan fingerprint density at radius 2 is 2.12 bits per heavy atom. The van der Waals surface area contributed by atoms with Crippen LogP contribution in [0.4, 0.5) is 4.79 Å². The van der Waals surface area contributed by atoms with Gasteiger partial charge in [0, 0.05) is 19.2 Å². The highest BCUT2D eigenvalue weighted by atomic mass is 16.6. The van der Waals surface area contributed by atoms with Crippen molar-refractivity contribution in [3.05, 3.63) is 0 Å². The molecule has 0 aromatic carbocycles. The molecule has 0 radical (unpaired) electrons. The Labute approximate surface area is 96.6 Å². The lowest BCUT2D eigenvalue weighted by Gasteiger charge is -2.32. The zero-order valence-electron chi connectivity index (χ0n) is 10.3. The van der Waals surface area contributed by atoms with E-state index >= 15 is 0 Å². The highest BCUT2D eigenvalue weighted by molar-refractivity contribution is 5.69. The number of aliphatic hydroxyl groups is 1. The quantitative estimate of drug-likeness (QED) is 0.740. The van der Waals surface area contributed by atoms with Gasteiger partial charge in [-0.3, -0.25) is 0 Å². The van der Waals surface area contributed by atoms with Gasteiger partial charge in [0.2, 0.25) is 0 Å². The van der Waals surface area contributed by atoms with E-state index < -0.39 is 5.60 Å². The summed E-state index contributed by atoms with van der Waals surface area (Å²) < 4.78 is 5.37. The molecule has 2 bridgehead atoms. The molecule has 0 unspecified atom stereocenters. The van der Waals surface area contributed by atoms with Crippen LogP contribution in [-0.4, -0.2) is 40.9 Å². The largest absolute Gasteiger partial charge is 0.444 e. The number of nitrogens with zero attached hydrogens (tertiary/aromatic N) is 1. The van der Waals surface area contributed by atoms with Crippen molar-refractivity contribution < 1.29 is 14.6 Å². The number of rotatable bonds is 1. The van der Waals surface area contributed by atoms with Gasteiger partial charge in [0.1, 0.15) is 5.60 Å². The number of hydrogen-bond acceptors (Lipinski definition) is 3. The predicted molar refractivity (Wildman–Crippen MR) is 60.0 cm³/mol. The monoisotopic (exact) mass is 227 g/mol. The first kappa shape index (κ1) is 11.7. The van der Waals surface area contributed by atoms with Gasteiger partial charge in [0.25, 0.3) is 0 Å². The third-order valence-corrected chi connectivity index (χ3v) is 3.55. The van der Waals surface area contributed by atoms with E-state index in [0.29, 0.717) is 11.8 Å². The lowest BCUT2D eigenvalue weighted by atomic mass is 9.96. The SMILES string of the molecule is CC(C)(C)OC(=O)N1C[C@H]2C[C@@H]1C[C@@H]2CO. The fourth-order valence-electron chi connectivity index (χ4n) is 2.83. The maximum atomic E-state index is 11.9. The van der Waals surface area contributed by atoms with Crippen LogP contribution in [0.1, 0.15) is 33.6 Å². The third-order valence-electron chi connectivity index (χ3n) is 3.55. The summed E-state index contributed by atoms with van der Waals surface area (Å²) in [6, 6.07) is 0.289. The van der Waals surface area contributed by atoms with E-state index in [4.69, 9.17) is 9.84 Å². The van der Waals surface area contributed by atoms with Crippen molar-refractivity contribution in [1.82, 2.24) is 4.90 Å². The molecule has 16 heavy (non-hydrogen) atoms. The van der Waals surface area contributed by atoms with Gasteiger partial charge in [-0.2, -0.15) is 0 Å². The maximum Gasteiger partial charge on any atom is 0.410 e. The van der Waals surface area contributed by atoms with Crippen LogP contribution >= 0.6 is 0 Å². The standard InChI is InChI=1S/C12H21NO3/c1-12(2,3)16-11(15)13-6-8-4-10(13)5-9(8)7-14/h8-10,14H,4-7H2,1-3H3/t8-,9-,10-/m1/s1. The van der Waals surface area contributed by atoms with Crippen molar-refractivity contribution in [3.8, 4) is 0 Å². The van der Waals surface area contributed by atoms with Crippen LogP contribution in [0, 0.1) is 11.8 Å². The van der Waals surface area contributed by atoms with Crippen LogP contribution in [0.2, 0.25) is 0 Å². The van der Waals surface area contributed by atoms with E-state index in [0.717, 1.165) is 19.4 Å². The lowest BCUT2D eigenvalue weighted by molar-refractivity contribution is 0.0137. The average Bonchev–Trinajstić information content (AvgIpc) is 2.72. The summed E-state index contributed by atoms with van der Waals surface area (Å²) in [5, 5.41) is 9.16. The van der Waals surface area contributed by atoms with Gasteiger partial charge in [0.15, 0.2) is 0 Å². The van der Waals surface area contributed by atoms with Crippen LogP contribution < -0.4 is 0 Å². The van der Waals surface area contributed by atoms with Crippen LogP contribution in [0.3, 0.4) is 0 Å². The molecule has 1 amide bonds. The number of carbonyl (C=O) groups excluding carboxylic acids is 1. The summed E-state index contributed by atoms with van der Waals surface area (Å²) in [6.45, 7) is 6.66. The maximum absolute atomic E-state index is 11.9. The van der Waals surface area contributed by atoms with E-state index in [-0.39, 0.29) is 18.7 Å². The number of piperidine rings is 1. The second-order valence-electron chi connectivity index (χ2n) is 5.96. The van der Waals surface area contributed by atoms with Gasteiger partial charge >= 0.3 is 6.09 Å². The molecule has 4 heteroatoms. The third kappa shape index (κ3) is 2.17. The van der Waals surface area contributed by atoms with E-state index in [2.05, 4.69) is 0 Å². The first-order valence-corrected chi connectivity index (χ1v) is 6.01. The van der Waals surface area contributed by atoms with Gasteiger partial charge in [0.05, 0.1) is 0 Å². The molecule has 4 nitrogen and oxygen atoms in total. The Balaban J connectivity index is 1.93. The topological polar surface area (TPSA) is 49.8 Å². The molecule has 1 N–H and O–H groups in total. The van der Waals surface area contributed by atoms with Crippen molar-refractivity contribution in [1.29, 1.82) is 0 Å². The fourth-order valence-corrected chi connectivity index (χ4v) is 2.83. The van der Waals surface area contributed by atoms with Crippen molar-refractivity contribution in [3.63, 3.8) is 0 Å². The summed E-state index contributed by atoms with van der Waals surface area (Å²) in [7, 11) is 0. The number of fused-ring (bicyclic) bond motifs is 2. The number of carbonyl (C=O) groups is 1. The van der Waals surface area contributed by atoms with Gasteiger partial charge < -0.3 is 14.7 Å². The lowest BCUT2D eigenvalue weighted by Crippen LogP contribution is -2.43. The van der Waals surface area contributed by atoms with Crippen molar-refractivity contribution in [2.24, 2.45) is 11.8 Å². The molecule has 2 fully saturated rings. The molecular formula is C12H21NO3. The van der Waals surface area contributed by atoms with Crippen molar-refractivity contribution >= 4 is 6.09 Å². The van der Waals surface area contributed by atoms with Gasteiger partial charge in [-0.05, 0) is 45.4 Å². The van der Waals surface area contributed by atoms with Gasteiger partial charge in [-0.25, -0.2) is 4.79 Å². The normalized spacial score (nSPS) is 33.2. The number of hydrogen-bond donors (Lipinski definition) is 1. The van der Waals surface area contributed by atoms with E-state index in [1.807, 2.05) is 25.7 Å². The molecule has 1 heterocycles. The summed E-state index contributed by atoms with van der Waals surface area (Å²) >= 11 is 0. The second kappa shape index (κ2) is 3.91. The highest BCUT2D eigenvalue weighted by Crippen LogP contribution is 2.42. The Morgan fingerprint density at radius 1 is 1.44 bits per heavy atom. The van der Waals surface area contributed by atoms with Crippen LogP contribution in [-0.2, 0) is 4.74 Å². The van der Waals surface area contributed by atoms with E-state index in [9.17, 15) is 4.79 Å². The molecular weight excluding hydrogens is 206 g/mol. The molecule has 1 saturated carbocycles. The smallest absolute Gasteiger partial charge is 0.410 e. The molecule has 0 aromatic rings. The van der Waals surface area contributed by atoms with Crippen LogP contribution in [0.15, 0.2) is 0 Å². The minimum absolute atomic E-state index is 0.198. The van der Waals surface area contributed by atoms with Gasteiger partial charge in [-0.1, -0.05) is 0 Å². The summed E-state index contributed by atoms with van der Waals surface area (Å²) in [5.41, 5.74) is -0.421. The van der Waals surface area contributed by atoms with E-state index in [1.54, 1.807) is 0 Å². The predicted octanol–water partition coefficient (Wildman–Crippen LogP) is 1.62. The molecule has 3 atom stereocenters. The number of aliphatic hydroxyl groups excluding tert-OH is 1. The van der Waals surface area contributed by atoms with Gasteiger partial charge in [-0.15, -0.1) is 0 Å². The molecule has 1 aliphatic carbocycles. The van der Waals surface area contributed by atoms with Crippen LogP contribution in [0.25, 0.3) is 0 Å². The second-order valence-corrected chi connectivity index (χ2v) is 5.96. The Kier molecular flexibility index (Phi) is 2.86. The average molecular weight is 227 g/mol. The van der Waals surface area contributed by atoms with E-state index in [1.165, 1.54) is 0 Å². The minimum Gasteiger partial charge on any atom is -0.444 e. The Bertz CT molecular complexity index is 284. The highest BCUT2D eigenvalue weighted by Gasteiger charge is 2.47. The molecule has 92 valence electrons. The molecule has 2 rings (SSSR count). The first-order chi connectivity index (χ1) is 7.40. The summed E-state index contributed by atoms with van der Waals surface area (Å²) in [5.74, 6) is 0.867. The van der Waals surface area contributed by atoms with Crippen molar-refractivity contribution in [2.75, 3.05) is 13.2 Å². The zero-order valence-corrected chi connectivity index (χ0v) is 10.3. The summed E-state index contributed by atoms with van der Waals surface area (Å²) in [4.78, 5) is 13.7. The molecule has 1 aliphatic heterocycles. The van der Waals surface area contributed by atoms with Crippen molar-refractivity contribution in [2.45, 2.75) is 45.3 Å². The number of amides is 1. The minimum atomic E-state index is -0.421. The first-order valence-electron chi connectivity index (χ1n) is 6.01. The fraction of sp³-hybridized carbons (Fsp3) is 0.917.